The molecule has 0 saturated heterocycles. The summed E-state index contributed by atoms with van der Waals surface area (Å²) < 4.78 is 12.4. The van der Waals surface area contributed by atoms with E-state index >= 15 is 0 Å². The van der Waals surface area contributed by atoms with Crippen LogP contribution in [0, 0.1) is 0 Å². The smallest absolute Gasteiger partial charge is 0.276 e. The molecule has 0 atom stereocenters. The Morgan fingerprint density at radius 2 is 2.19 bits per heavy atom. The maximum Gasteiger partial charge on any atom is 0.276 e. The standard InChI is InChI=1S/C14H13ClN4O2/c1-3-19-11(6-7-16-19)14-17-13(18-21-14)10-8-9(15)4-5-12(10)20-2/h4-8H,3H2,1-2H3. The SMILES string of the molecule is CCn1nccc1-c1nc(-c2cc(Cl)ccc2OC)no1. The number of nitrogens with zero attached hydrogens (tertiary/aromatic N) is 4. The van der Waals surface area contributed by atoms with Crippen molar-refractivity contribution in [2.45, 2.75) is 13.5 Å². The van der Waals surface area contributed by atoms with Crippen molar-refractivity contribution < 1.29 is 9.26 Å². The Morgan fingerprint density at radius 1 is 1.33 bits per heavy atom. The summed E-state index contributed by atoms with van der Waals surface area (Å²) in [5.74, 6) is 1.47. The van der Waals surface area contributed by atoms with Gasteiger partial charge in [-0.05, 0) is 31.2 Å². The van der Waals surface area contributed by atoms with Crippen LogP contribution in [0.4, 0.5) is 0 Å². The van der Waals surface area contributed by atoms with Gasteiger partial charge < -0.3 is 9.26 Å². The molecule has 7 heteroatoms. The summed E-state index contributed by atoms with van der Waals surface area (Å²) in [4.78, 5) is 4.40. The third-order valence-electron chi connectivity index (χ3n) is 3.06. The number of aryl methyl sites for hydroxylation is 1. The number of methoxy groups -OCH3 is 1. The predicted octanol–water partition coefficient (Wildman–Crippen LogP) is 3.28. The summed E-state index contributed by atoms with van der Waals surface area (Å²) in [7, 11) is 1.58. The lowest BCUT2D eigenvalue weighted by Crippen LogP contribution is -1.98. The van der Waals surface area contributed by atoms with Crippen LogP contribution >= 0.6 is 11.6 Å². The van der Waals surface area contributed by atoms with E-state index in [2.05, 4.69) is 15.2 Å². The van der Waals surface area contributed by atoms with Gasteiger partial charge in [0.15, 0.2) is 0 Å². The van der Waals surface area contributed by atoms with Gasteiger partial charge in [-0.25, -0.2) is 0 Å². The Bertz CT molecular complexity index is 766. The van der Waals surface area contributed by atoms with Crippen LogP contribution in [0.15, 0.2) is 35.0 Å². The minimum atomic E-state index is 0.409. The first-order chi connectivity index (χ1) is 10.2. The van der Waals surface area contributed by atoms with Crippen molar-refractivity contribution >= 4 is 11.6 Å². The van der Waals surface area contributed by atoms with Crippen molar-refractivity contribution in [2.24, 2.45) is 0 Å². The Balaban J connectivity index is 2.05. The maximum atomic E-state index is 6.02. The first kappa shape index (κ1) is 13.6. The molecule has 0 saturated carbocycles. The molecule has 108 valence electrons. The first-order valence-corrected chi connectivity index (χ1v) is 6.80. The zero-order valence-electron chi connectivity index (χ0n) is 11.6. The van der Waals surface area contributed by atoms with Gasteiger partial charge in [-0.2, -0.15) is 10.1 Å². The average molecular weight is 305 g/mol. The van der Waals surface area contributed by atoms with Crippen molar-refractivity contribution in [3.8, 4) is 28.7 Å². The summed E-state index contributed by atoms with van der Waals surface area (Å²) in [6.07, 6.45) is 1.70. The van der Waals surface area contributed by atoms with Crippen LogP contribution in [-0.2, 0) is 6.54 Å². The van der Waals surface area contributed by atoms with Gasteiger partial charge in [0, 0.05) is 17.8 Å². The summed E-state index contributed by atoms with van der Waals surface area (Å²) in [5.41, 5.74) is 1.46. The third kappa shape index (κ3) is 2.50. The van der Waals surface area contributed by atoms with Gasteiger partial charge in [0.05, 0.1) is 12.7 Å². The van der Waals surface area contributed by atoms with Crippen molar-refractivity contribution in [2.75, 3.05) is 7.11 Å². The van der Waals surface area contributed by atoms with Crippen LogP contribution in [0.2, 0.25) is 5.02 Å². The largest absolute Gasteiger partial charge is 0.496 e. The first-order valence-electron chi connectivity index (χ1n) is 6.42. The van der Waals surface area contributed by atoms with Crippen LogP contribution in [0.1, 0.15) is 6.92 Å². The minimum absolute atomic E-state index is 0.409. The zero-order chi connectivity index (χ0) is 14.8. The molecule has 0 unspecified atom stereocenters. The summed E-state index contributed by atoms with van der Waals surface area (Å²) in [5, 5.41) is 8.77. The molecule has 3 rings (SSSR count). The topological polar surface area (TPSA) is 66.0 Å². The van der Waals surface area contributed by atoms with E-state index in [9.17, 15) is 0 Å². The van der Waals surface area contributed by atoms with Crippen LogP contribution < -0.4 is 4.74 Å². The van der Waals surface area contributed by atoms with Crippen LogP contribution in [0.3, 0.4) is 0 Å². The Kier molecular flexibility index (Phi) is 3.62. The van der Waals surface area contributed by atoms with E-state index in [0.29, 0.717) is 28.1 Å². The van der Waals surface area contributed by atoms with Crippen LogP contribution in [-0.4, -0.2) is 27.0 Å². The van der Waals surface area contributed by atoms with Crippen molar-refractivity contribution in [3.63, 3.8) is 0 Å². The maximum absolute atomic E-state index is 6.02. The lowest BCUT2D eigenvalue weighted by molar-refractivity contribution is 0.413. The molecule has 0 fully saturated rings. The zero-order valence-corrected chi connectivity index (χ0v) is 12.3. The summed E-state index contributed by atoms with van der Waals surface area (Å²) in [6, 6.07) is 7.09. The lowest BCUT2D eigenvalue weighted by atomic mass is 10.2. The number of ether oxygens (including phenoxy) is 1. The van der Waals surface area contributed by atoms with Crippen molar-refractivity contribution in [1.82, 2.24) is 19.9 Å². The molecule has 1 aromatic carbocycles. The number of benzene rings is 1. The molecule has 0 aliphatic carbocycles. The van der Waals surface area contributed by atoms with E-state index in [1.807, 2.05) is 13.0 Å². The number of halogens is 1. The van der Waals surface area contributed by atoms with Crippen LogP contribution in [0.25, 0.3) is 23.0 Å². The molecule has 21 heavy (non-hydrogen) atoms. The van der Waals surface area contributed by atoms with Gasteiger partial charge in [0.1, 0.15) is 11.4 Å². The van der Waals surface area contributed by atoms with Gasteiger partial charge in [-0.1, -0.05) is 16.8 Å². The Morgan fingerprint density at radius 3 is 2.95 bits per heavy atom. The Hall–Kier alpha value is -2.34. The predicted molar refractivity (Wildman–Crippen MR) is 78.2 cm³/mol. The highest BCUT2D eigenvalue weighted by molar-refractivity contribution is 6.30. The van der Waals surface area contributed by atoms with E-state index in [1.54, 1.807) is 36.2 Å². The van der Waals surface area contributed by atoms with Crippen LogP contribution in [0.5, 0.6) is 5.75 Å². The highest BCUT2D eigenvalue weighted by atomic mass is 35.5. The van der Waals surface area contributed by atoms with Crippen molar-refractivity contribution in [1.29, 1.82) is 0 Å². The fourth-order valence-electron chi connectivity index (χ4n) is 2.06. The van der Waals surface area contributed by atoms with E-state index < -0.39 is 0 Å². The van der Waals surface area contributed by atoms with E-state index in [4.69, 9.17) is 20.9 Å². The molecule has 0 spiro atoms. The fourth-order valence-corrected chi connectivity index (χ4v) is 2.23. The third-order valence-corrected chi connectivity index (χ3v) is 3.30. The quantitative estimate of drug-likeness (QED) is 0.740. The Labute approximate surface area is 126 Å². The van der Waals surface area contributed by atoms with Gasteiger partial charge in [0.25, 0.3) is 5.89 Å². The number of aromatic nitrogens is 4. The summed E-state index contributed by atoms with van der Waals surface area (Å²) in [6.45, 7) is 2.72. The second kappa shape index (κ2) is 5.57. The molecule has 0 aliphatic rings. The molecule has 0 amide bonds. The molecule has 6 nitrogen and oxygen atoms in total. The summed E-state index contributed by atoms with van der Waals surface area (Å²) >= 11 is 6.02. The number of hydrogen-bond donors (Lipinski definition) is 0. The molecule has 3 aromatic rings. The molecule has 2 heterocycles. The van der Waals surface area contributed by atoms with E-state index in [-0.39, 0.29) is 0 Å². The van der Waals surface area contributed by atoms with E-state index in [0.717, 1.165) is 12.2 Å². The van der Waals surface area contributed by atoms with Gasteiger partial charge in [0.2, 0.25) is 5.82 Å². The lowest BCUT2D eigenvalue weighted by Gasteiger charge is -2.04. The molecule has 0 bridgehead atoms. The minimum Gasteiger partial charge on any atom is -0.496 e. The fraction of sp³-hybridized carbons (Fsp3) is 0.214. The van der Waals surface area contributed by atoms with Crippen molar-refractivity contribution in [3.05, 3.63) is 35.5 Å². The molecule has 0 N–H and O–H groups in total. The molecule has 0 radical (unpaired) electrons. The molecular weight excluding hydrogens is 292 g/mol. The highest BCUT2D eigenvalue weighted by Crippen LogP contribution is 2.31. The van der Waals surface area contributed by atoms with Gasteiger partial charge in [-0.15, -0.1) is 0 Å². The molecule has 2 aromatic heterocycles. The molecule has 0 aliphatic heterocycles. The second-order valence-electron chi connectivity index (χ2n) is 4.30. The molecular formula is C14H13ClN4O2. The average Bonchev–Trinajstić information content (AvgIpc) is 3.15. The van der Waals surface area contributed by atoms with Gasteiger partial charge in [-0.3, -0.25) is 4.68 Å². The number of rotatable bonds is 4. The number of hydrogen-bond acceptors (Lipinski definition) is 5. The highest BCUT2D eigenvalue weighted by Gasteiger charge is 2.17. The monoisotopic (exact) mass is 304 g/mol. The normalized spacial score (nSPS) is 10.8. The van der Waals surface area contributed by atoms with E-state index in [1.165, 1.54) is 0 Å². The van der Waals surface area contributed by atoms with Gasteiger partial charge >= 0.3 is 0 Å². The second-order valence-corrected chi connectivity index (χ2v) is 4.74.